The largest absolute Gasteiger partial charge is 0.497 e. The van der Waals surface area contributed by atoms with E-state index in [-0.39, 0.29) is 0 Å². The maximum atomic E-state index is 5.75. The molecule has 0 radical (unpaired) electrons. The summed E-state index contributed by atoms with van der Waals surface area (Å²) in [6.07, 6.45) is 0. The Morgan fingerprint density at radius 3 is 2.71 bits per heavy atom. The van der Waals surface area contributed by atoms with E-state index in [0.29, 0.717) is 36.5 Å². The Bertz CT molecular complexity index is 622. The fourth-order valence-corrected chi connectivity index (χ4v) is 2.05. The Labute approximate surface area is 131 Å². The summed E-state index contributed by atoms with van der Waals surface area (Å²) >= 11 is 3.42. The van der Waals surface area contributed by atoms with Gasteiger partial charge >= 0.3 is 0 Å². The van der Waals surface area contributed by atoms with Crippen molar-refractivity contribution in [3.05, 3.63) is 34.6 Å². The molecular formula is C14H16BrN3O3. The van der Waals surface area contributed by atoms with Gasteiger partial charge in [-0.05, 0) is 41.1 Å². The molecule has 0 bridgehead atoms. The van der Waals surface area contributed by atoms with Crippen molar-refractivity contribution < 1.29 is 14.2 Å². The lowest BCUT2D eigenvalue weighted by atomic mass is 10.3. The first-order chi connectivity index (χ1) is 10.1. The molecule has 0 atom stereocenters. The number of aromatic nitrogens is 2. The number of rotatable bonds is 6. The Morgan fingerprint density at radius 1 is 1.24 bits per heavy atom. The van der Waals surface area contributed by atoms with E-state index in [0.717, 1.165) is 10.2 Å². The number of nitrogens with zero attached hydrogens (tertiary/aromatic N) is 2. The standard InChI is InChI=1S/C14H16BrN3O3/c1-3-20-8-13-17-12(16)7-14(18-13)21-11-5-4-9(19-2)6-10(11)15/h4-7H,3,8H2,1-2H3,(H2,16,17,18). The minimum atomic E-state index is 0.293. The van der Waals surface area contributed by atoms with Crippen LogP contribution >= 0.6 is 15.9 Å². The highest BCUT2D eigenvalue weighted by molar-refractivity contribution is 9.10. The topological polar surface area (TPSA) is 79.5 Å². The van der Waals surface area contributed by atoms with E-state index in [2.05, 4.69) is 25.9 Å². The second kappa shape index (κ2) is 7.24. The van der Waals surface area contributed by atoms with Crippen molar-refractivity contribution in [2.45, 2.75) is 13.5 Å². The third kappa shape index (κ3) is 4.30. The lowest BCUT2D eigenvalue weighted by Gasteiger charge is -2.10. The minimum absolute atomic E-state index is 0.293. The van der Waals surface area contributed by atoms with Crippen LogP contribution in [0.5, 0.6) is 17.4 Å². The number of hydrogen-bond donors (Lipinski definition) is 1. The first-order valence-corrected chi connectivity index (χ1v) is 7.14. The average molecular weight is 354 g/mol. The van der Waals surface area contributed by atoms with E-state index in [4.69, 9.17) is 19.9 Å². The van der Waals surface area contributed by atoms with Crippen molar-refractivity contribution in [3.63, 3.8) is 0 Å². The van der Waals surface area contributed by atoms with Crippen LogP contribution in [0.25, 0.3) is 0 Å². The van der Waals surface area contributed by atoms with Crippen LogP contribution in [0, 0.1) is 0 Å². The van der Waals surface area contributed by atoms with Gasteiger partial charge in [-0.2, -0.15) is 4.98 Å². The minimum Gasteiger partial charge on any atom is -0.497 e. The number of benzene rings is 1. The molecule has 0 fully saturated rings. The lowest BCUT2D eigenvalue weighted by Crippen LogP contribution is -2.03. The Morgan fingerprint density at radius 2 is 2.05 bits per heavy atom. The van der Waals surface area contributed by atoms with Crippen LogP contribution in [0.3, 0.4) is 0 Å². The first kappa shape index (κ1) is 15.5. The van der Waals surface area contributed by atoms with Gasteiger partial charge in [0.15, 0.2) is 5.82 Å². The first-order valence-electron chi connectivity index (χ1n) is 6.35. The number of nitrogens with two attached hydrogens (primary N) is 1. The number of halogens is 1. The molecule has 0 amide bonds. The molecule has 2 aromatic rings. The highest BCUT2D eigenvalue weighted by Gasteiger charge is 2.08. The fraction of sp³-hybridized carbons (Fsp3) is 0.286. The molecule has 7 heteroatoms. The molecule has 112 valence electrons. The van der Waals surface area contributed by atoms with Crippen molar-refractivity contribution >= 4 is 21.7 Å². The third-order valence-electron chi connectivity index (χ3n) is 2.56. The molecular weight excluding hydrogens is 338 g/mol. The van der Waals surface area contributed by atoms with Gasteiger partial charge in [-0.3, -0.25) is 0 Å². The third-order valence-corrected chi connectivity index (χ3v) is 3.18. The van der Waals surface area contributed by atoms with E-state index < -0.39 is 0 Å². The summed E-state index contributed by atoms with van der Waals surface area (Å²) in [5.41, 5.74) is 5.75. The molecule has 0 aliphatic heterocycles. The van der Waals surface area contributed by atoms with Gasteiger partial charge < -0.3 is 19.9 Å². The highest BCUT2D eigenvalue weighted by atomic mass is 79.9. The fourth-order valence-electron chi connectivity index (χ4n) is 1.61. The number of methoxy groups -OCH3 is 1. The van der Waals surface area contributed by atoms with Crippen molar-refractivity contribution in [2.24, 2.45) is 0 Å². The summed E-state index contributed by atoms with van der Waals surface area (Å²) in [7, 11) is 1.60. The predicted molar refractivity (Wildman–Crippen MR) is 82.5 cm³/mol. The average Bonchev–Trinajstić information content (AvgIpc) is 2.46. The Balaban J connectivity index is 2.20. The number of nitrogen functional groups attached to an aromatic ring is 1. The van der Waals surface area contributed by atoms with Crippen LogP contribution in [0.15, 0.2) is 28.7 Å². The van der Waals surface area contributed by atoms with Crippen LogP contribution in [-0.4, -0.2) is 23.7 Å². The van der Waals surface area contributed by atoms with Gasteiger partial charge in [-0.25, -0.2) is 4.98 Å². The van der Waals surface area contributed by atoms with E-state index in [1.54, 1.807) is 31.4 Å². The van der Waals surface area contributed by atoms with Crippen LogP contribution in [0.4, 0.5) is 5.82 Å². The summed E-state index contributed by atoms with van der Waals surface area (Å²) in [4.78, 5) is 8.35. The molecule has 0 saturated heterocycles. The van der Waals surface area contributed by atoms with Crippen LogP contribution in [0.2, 0.25) is 0 Å². The lowest BCUT2D eigenvalue weighted by molar-refractivity contribution is 0.128. The molecule has 0 aliphatic rings. The maximum Gasteiger partial charge on any atom is 0.224 e. The van der Waals surface area contributed by atoms with Gasteiger partial charge in [0.1, 0.15) is 23.9 Å². The van der Waals surface area contributed by atoms with Gasteiger partial charge in [0, 0.05) is 12.7 Å². The smallest absolute Gasteiger partial charge is 0.224 e. The monoisotopic (exact) mass is 353 g/mol. The van der Waals surface area contributed by atoms with Gasteiger partial charge in [0.25, 0.3) is 0 Å². The van der Waals surface area contributed by atoms with Crippen molar-refractivity contribution in [1.82, 2.24) is 9.97 Å². The van der Waals surface area contributed by atoms with Gasteiger partial charge in [0.2, 0.25) is 5.88 Å². The van der Waals surface area contributed by atoms with E-state index >= 15 is 0 Å². The van der Waals surface area contributed by atoms with Crippen LogP contribution in [0.1, 0.15) is 12.7 Å². The summed E-state index contributed by atoms with van der Waals surface area (Å²) in [5, 5.41) is 0. The van der Waals surface area contributed by atoms with Crippen LogP contribution < -0.4 is 15.2 Å². The Kier molecular flexibility index (Phi) is 5.35. The molecule has 0 unspecified atom stereocenters. The van der Waals surface area contributed by atoms with Gasteiger partial charge in [-0.15, -0.1) is 0 Å². The second-order valence-electron chi connectivity index (χ2n) is 4.08. The van der Waals surface area contributed by atoms with Crippen LogP contribution in [-0.2, 0) is 11.3 Å². The molecule has 1 aromatic carbocycles. The number of hydrogen-bond acceptors (Lipinski definition) is 6. The molecule has 0 spiro atoms. The molecule has 6 nitrogen and oxygen atoms in total. The van der Waals surface area contributed by atoms with Gasteiger partial charge in [0.05, 0.1) is 11.6 Å². The molecule has 1 aromatic heterocycles. The summed E-state index contributed by atoms with van der Waals surface area (Å²) in [5.74, 6) is 2.52. The second-order valence-corrected chi connectivity index (χ2v) is 4.94. The molecule has 21 heavy (non-hydrogen) atoms. The van der Waals surface area contributed by atoms with E-state index in [9.17, 15) is 0 Å². The zero-order chi connectivity index (χ0) is 15.2. The Hall–Kier alpha value is -1.86. The zero-order valence-electron chi connectivity index (χ0n) is 11.8. The summed E-state index contributed by atoms with van der Waals surface area (Å²) in [6.45, 7) is 2.78. The van der Waals surface area contributed by atoms with Crippen molar-refractivity contribution in [3.8, 4) is 17.4 Å². The van der Waals surface area contributed by atoms with E-state index in [1.807, 2.05) is 6.92 Å². The molecule has 1 heterocycles. The predicted octanol–water partition coefficient (Wildman–Crippen LogP) is 3.16. The number of ether oxygens (including phenoxy) is 3. The molecule has 2 N–H and O–H groups in total. The highest BCUT2D eigenvalue weighted by Crippen LogP contribution is 2.32. The van der Waals surface area contributed by atoms with Crippen molar-refractivity contribution in [1.29, 1.82) is 0 Å². The summed E-state index contributed by atoms with van der Waals surface area (Å²) in [6, 6.07) is 6.95. The van der Waals surface area contributed by atoms with Crippen molar-refractivity contribution in [2.75, 3.05) is 19.5 Å². The SMILES string of the molecule is CCOCc1nc(N)cc(Oc2ccc(OC)cc2Br)n1. The quantitative estimate of drug-likeness (QED) is 0.859. The van der Waals surface area contributed by atoms with Gasteiger partial charge in [-0.1, -0.05) is 0 Å². The molecule has 2 rings (SSSR count). The summed E-state index contributed by atoms with van der Waals surface area (Å²) < 4.78 is 16.9. The molecule has 0 aliphatic carbocycles. The normalized spacial score (nSPS) is 10.4. The zero-order valence-corrected chi connectivity index (χ0v) is 13.4. The maximum absolute atomic E-state index is 5.75. The molecule has 0 saturated carbocycles. The van der Waals surface area contributed by atoms with E-state index in [1.165, 1.54) is 0 Å². The number of anilines is 1.